The van der Waals surface area contributed by atoms with E-state index >= 15 is 0 Å². The number of aryl methyl sites for hydroxylation is 2. The average molecular weight is 512 g/mol. The van der Waals surface area contributed by atoms with Crippen LogP contribution in [0, 0.1) is 19.7 Å². The number of aromatic nitrogens is 1. The summed E-state index contributed by atoms with van der Waals surface area (Å²) in [7, 11) is 0. The quantitative estimate of drug-likeness (QED) is 0.351. The molecule has 1 aromatic carbocycles. The van der Waals surface area contributed by atoms with E-state index in [9.17, 15) is 9.18 Å². The molecule has 4 nitrogen and oxygen atoms in total. The second kappa shape index (κ2) is 10.3. The van der Waals surface area contributed by atoms with Gasteiger partial charge in [-0.2, -0.15) is 0 Å². The topological polar surface area (TPSA) is 46.4 Å². The summed E-state index contributed by atoms with van der Waals surface area (Å²) >= 11 is 7.70. The highest BCUT2D eigenvalue weighted by atomic mass is 35.5. The standard InChI is InChI=1S/C28H31ClFN3OS/c1-17-14-19(18(2)33(17)21-12-13-24(30)23(29)15-21)16-31-28-26(22-10-6-7-11-25(22)35-28)27(34)32-20-8-4-3-5-9-20/h12-16,20H,3-11H2,1-2H3,(H,32,34). The highest BCUT2D eigenvalue weighted by Gasteiger charge is 2.27. The summed E-state index contributed by atoms with van der Waals surface area (Å²) in [5.41, 5.74) is 5.76. The molecule has 184 valence electrons. The summed E-state index contributed by atoms with van der Waals surface area (Å²) in [6.07, 6.45) is 11.9. The van der Waals surface area contributed by atoms with Crippen molar-refractivity contribution in [2.45, 2.75) is 77.7 Å². The van der Waals surface area contributed by atoms with Gasteiger partial charge in [-0.25, -0.2) is 9.38 Å². The number of hydrogen-bond donors (Lipinski definition) is 1. The van der Waals surface area contributed by atoms with Crippen LogP contribution in [0.3, 0.4) is 0 Å². The van der Waals surface area contributed by atoms with Crippen LogP contribution < -0.4 is 5.32 Å². The Kier molecular flexibility index (Phi) is 7.12. The molecule has 0 atom stereocenters. The largest absolute Gasteiger partial charge is 0.349 e. The number of thiophene rings is 1. The van der Waals surface area contributed by atoms with Gasteiger partial charge in [-0.1, -0.05) is 30.9 Å². The first kappa shape index (κ1) is 24.3. The van der Waals surface area contributed by atoms with Gasteiger partial charge in [0.2, 0.25) is 0 Å². The number of nitrogens with zero attached hydrogens (tertiary/aromatic N) is 2. The molecule has 1 saturated carbocycles. The molecule has 2 aliphatic carbocycles. The van der Waals surface area contributed by atoms with Crippen molar-refractivity contribution in [2.75, 3.05) is 0 Å². The van der Waals surface area contributed by atoms with Crippen LogP contribution >= 0.6 is 22.9 Å². The third kappa shape index (κ3) is 4.96. The molecule has 2 heterocycles. The number of aliphatic imine (C=N–C) groups is 1. The molecule has 0 unspecified atom stereocenters. The molecule has 35 heavy (non-hydrogen) atoms. The zero-order valence-corrected chi connectivity index (χ0v) is 21.9. The Hall–Kier alpha value is -2.44. The van der Waals surface area contributed by atoms with E-state index in [4.69, 9.17) is 16.6 Å². The maximum Gasteiger partial charge on any atom is 0.254 e. The molecule has 0 aliphatic heterocycles. The molecule has 7 heteroatoms. The Bertz CT molecular complexity index is 1290. The molecule has 0 spiro atoms. The lowest BCUT2D eigenvalue weighted by Gasteiger charge is -2.23. The number of nitrogens with one attached hydrogen (secondary N) is 1. The van der Waals surface area contributed by atoms with Gasteiger partial charge in [0.15, 0.2) is 0 Å². The van der Waals surface area contributed by atoms with E-state index < -0.39 is 5.82 Å². The summed E-state index contributed by atoms with van der Waals surface area (Å²) in [4.78, 5) is 19.6. The minimum atomic E-state index is -0.430. The van der Waals surface area contributed by atoms with E-state index in [1.54, 1.807) is 23.5 Å². The average Bonchev–Trinajstić information content (AvgIpc) is 3.36. The number of benzene rings is 1. The van der Waals surface area contributed by atoms with Crippen LogP contribution in [0.1, 0.15) is 82.7 Å². The lowest BCUT2D eigenvalue weighted by molar-refractivity contribution is 0.0927. The minimum Gasteiger partial charge on any atom is -0.349 e. The van der Waals surface area contributed by atoms with Gasteiger partial charge in [0.05, 0.1) is 10.6 Å². The lowest BCUT2D eigenvalue weighted by atomic mass is 9.93. The van der Waals surface area contributed by atoms with E-state index in [1.807, 2.05) is 24.6 Å². The summed E-state index contributed by atoms with van der Waals surface area (Å²) in [6, 6.07) is 7.08. The van der Waals surface area contributed by atoms with Crippen LogP contribution in [0.15, 0.2) is 29.3 Å². The fourth-order valence-electron chi connectivity index (χ4n) is 5.45. The first-order valence-corrected chi connectivity index (χ1v) is 13.8. The molecule has 0 bridgehead atoms. The van der Waals surface area contributed by atoms with Crippen molar-refractivity contribution in [3.8, 4) is 5.69 Å². The molecule has 1 fully saturated rings. The van der Waals surface area contributed by atoms with Gasteiger partial charge in [-0.05, 0) is 82.2 Å². The summed E-state index contributed by atoms with van der Waals surface area (Å²) in [5.74, 6) is -0.393. The number of amides is 1. The van der Waals surface area contributed by atoms with Crippen LogP contribution in [-0.2, 0) is 12.8 Å². The van der Waals surface area contributed by atoms with Gasteiger partial charge >= 0.3 is 0 Å². The van der Waals surface area contributed by atoms with Crippen molar-refractivity contribution in [1.82, 2.24) is 9.88 Å². The molecule has 1 amide bonds. The van der Waals surface area contributed by atoms with E-state index in [2.05, 4.69) is 11.4 Å². The van der Waals surface area contributed by atoms with Crippen LogP contribution in [0.4, 0.5) is 9.39 Å². The van der Waals surface area contributed by atoms with Gasteiger partial charge in [0.25, 0.3) is 5.91 Å². The highest BCUT2D eigenvalue weighted by molar-refractivity contribution is 7.16. The van der Waals surface area contributed by atoms with E-state index in [0.717, 1.165) is 65.3 Å². The second-order valence-corrected chi connectivity index (χ2v) is 11.2. The Morgan fingerprint density at radius 3 is 2.69 bits per heavy atom. The first-order chi connectivity index (χ1) is 16.9. The Balaban J connectivity index is 1.46. The van der Waals surface area contributed by atoms with Crippen molar-refractivity contribution in [2.24, 2.45) is 4.99 Å². The molecule has 2 aromatic heterocycles. The first-order valence-electron chi connectivity index (χ1n) is 12.6. The SMILES string of the molecule is Cc1cc(C=Nc2sc3c(c2C(=O)NC2CCCCC2)CCCC3)c(C)n1-c1ccc(F)c(Cl)c1. The number of fused-ring (bicyclic) bond motifs is 1. The minimum absolute atomic E-state index is 0.0369. The maximum absolute atomic E-state index is 13.7. The molecular weight excluding hydrogens is 481 g/mol. The zero-order chi connectivity index (χ0) is 24.5. The summed E-state index contributed by atoms with van der Waals surface area (Å²) in [5, 5.41) is 4.22. The fourth-order valence-corrected chi connectivity index (χ4v) is 6.85. The normalized spacial score (nSPS) is 16.6. The van der Waals surface area contributed by atoms with Crippen molar-refractivity contribution in [3.63, 3.8) is 0 Å². The monoisotopic (exact) mass is 511 g/mol. The molecule has 3 aromatic rings. The van der Waals surface area contributed by atoms with Crippen LogP contribution in [0.2, 0.25) is 5.02 Å². The van der Waals surface area contributed by atoms with Crippen LogP contribution in [0.5, 0.6) is 0 Å². The van der Waals surface area contributed by atoms with E-state index in [-0.39, 0.29) is 17.0 Å². The summed E-state index contributed by atoms with van der Waals surface area (Å²) < 4.78 is 15.7. The van der Waals surface area contributed by atoms with Crippen LogP contribution in [0.25, 0.3) is 5.69 Å². The molecule has 0 saturated heterocycles. The van der Waals surface area contributed by atoms with Gasteiger partial charge < -0.3 is 9.88 Å². The fraction of sp³-hybridized carbons (Fsp3) is 0.429. The molecule has 1 N–H and O–H groups in total. The van der Waals surface area contributed by atoms with Gasteiger partial charge in [0.1, 0.15) is 10.8 Å². The molecule has 2 aliphatic rings. The summed E-state index contributed by atoms with van der Waals surface area (Å²) in [6.45, 7) is 4.02. The van der Waals surface area contributed by atoms with Crippen LogP contribution in [-0.4, -0.2) is 22.7 Å². The third-order valence-electron chi connectivity index (χ3n) is 7.27. The smallest absolute Gasteiger partial charge is 0.254 e. The maximum atomic E-state index is 13.7. The van der Waals surface area contributed by atoms with Gasteiger partial charge in [-0.3, -0.25) is 4.79 Å². The van der Waals surface area contributed by atoms with Crippen molar-refractivity contribution >= 4 is 40.1 Å². The highest BCUT2D eigenvalue weighted by Crippen LogP contribution is 2.40. The Morgan fingerprint density at radius 2 is 1.91 bits per heavy atom. The van der Waals surface area contributed by atoms with Gasteiger partial charge in [-0.15, -0.1) is 11.3 Å². The van der Waals surface area contributed by atoms with Crippen molar-refractivity contribution in [1.29, 1.82) is 0 Å². The van der Waals surface area contributed by atoms with Crippen molar-refractivity contribution in [3.05, 3.63) is 68.1 Å². The van der Waals surface area contributed by atoms with Gasteiger partial charge in [0, 0.05) is 39.8 Å². The van der Waals surface area contributed by atoms with Crippen molar-refractivity contribution < 1.29 is 9.18 Å². The molecule has 0 radical (unpaired) electrons. The number of halogens is 2. The van der Waals surface area contributed by atoms with E-state index in [0.29, 0.717) is 0 Å². The number of rotatable bonds is 5. The number of hydrogen-bond acceptors (Lipinski definition) is 3. The number of carbonyl (C=O) groups is 1. The predicted molar refractivity (Wildman–Crippen MR) is 143 cm³/mol. The molecule has 5 rings (SSSR count). The zero-order valence-electron chi connectivity index (χ0n) is 20.3. The predicted octanol–water partition coefficient (Wildman–Crippen LogP) is 7.64. The lowest BCUT2D eigenvalue weighted by Crippen LogP contribution is -2.36. The third-order valence-corrected chi connectivity index (χ3v) is 8.76. The second-order valence-electron chi connectivity index (χ2n) is 9.72. The Morgan fingerprint density at radius 1 is 1.14 bits per heavy atom. The Labute approximate surface area is 215 Å². The van der Waals surface area contributed by atoms with E-state index in [1.165, 1.54) is 42.2 Å². The number of carbonyl (C=O) groups excluding carboxylic acids is 1. The molecular formula is C28H31ClFN3OS.